The van der Waals surface area contributed by atoms with Crippen molar-refractivity contribution in [1.29, 1.82) is 0 Å². The lowest BCUT2D eigenvalue weighted by molar-refractivity contribution is 0.774. The number of pyridine rings is 1. The molecule has 1 atom stereocenters. The summed E-state index contributed by atoms with van der Waals surface area (Å²) in [5.74, 6) is 0.972. The van der Waals surface area contributed by atoms with Gasteiger partial charge < -0.3 is 10.6 Å². The van der Waals surface area contributed by atoms with Gasteiger partial charge in [0.2, 0.25) is 0 Å². The van der Waals surface area contributed by atoms with Crippen LogP contribution in [-0.2, 0) is 0 Å². The van der Waals surface area contributed by atoms with Gasteiger partial charge in [-0.25, -0.2) is 4.98 Å². The van der Waals surface area contributed by atoms with Crippen molar-refractivity contribution in [3.63, 3.8) is 0 Å². The van der Waals surface area contributed by atoms with Crippen LogP contribution in [0.15, 0.2) is 48.7 Å². The Labute approximate surface area is 121 Å². The predicted molar refractivity (Wildman–Crippen MR) is 85.2 cm³/mol. The summed E-state index contributed by atoms with van der Waals surface area (Å²) in [7, 11) is 0. The number of nitrogens with two attached hydrogens (primary N) is 1. The highest BCUT2D eigenvalue weighted by molar-refractivity contribution is 5.60. The Balaban J connectivity index is 2.33. The number of nitrogens with zero attached hydrogens (tertiary/aromatic N) is 2. The molecule has 106 valence electrons. The Morgan fingerprint density at radius 2 is 1.95 bits per heavy atom. The smallest absolute Gasteiger partial charge is 0.133 e. The molecule has 0 aliphatic rings. The fourth-order valence-electron chi connectivity index (χ4n) is 2.17. The fourth-order valence-corrected chi connectivity index (χ4v) is 2.17. The van der Waals surface area contributed by atoms with Gasteiger partial charge >= 0.3 is 0 Å². The monoisotopic (exact) mass is 269 g/mol. The van der Waals surface area contributed by atoms with E-state index in [-0.39, 0.29) is 6.04 Å². The summed E-state index contributed by atoms with van der Waals surface area (Å²) in [6.45, 7) is 5.17. The molecule has 0 spiro atoms. The van der Waals surface area contributed by atoms with Gasteiger partial charge in [0.05, 0.1) is 0 Å². The summed E-state index contributed by atoms with van der Waals surface area (Å²) in [5, 5.41) is 0. The van der Waals surface area contributed by atoms with E-state index < -0.39 is 0 Å². The number of unbranched alkanes of at least 4 members (excludes halogenated alkanes) is 1. The summed E-state index contributed by atoms with van der Waals surface area (Å²) in [5.41, 5.74) is 8.27. The third kappa shape index (κ3) is 3.58. The zero-order valence-corrected chi connectivity index (χ0v) is 12.3. The van der Waals surface area contributed by atoms with Crippen LogP contribution in [0.1, 0.15) is 38.3 Å². The molecule has 0 unspecified atom stereocenters. The molecule has 1 heterocycles. The third-order valence-electron chi connectivity index (χ3n) is 3.38. The number of aromatic nitrogens is 1. The molecular weight excluding hydrogens is 246 g/mol. The Hall–Kier alpha value is -1.87. The van der Waals surface area contributed by atoms with Crippen LogP contribution in [0.2, 0.25) is 0 Å². The number of para-hydroxylation sites is 1. The Kier molecular flexibility index (Phi) is 5.13. The second-order valence-corrected chi connectivity index (χ2v) is 5.08. The maximum Gasteiger partial charge on any atom is 0.133 e. The van der Waals surface area contributed by atoms with Crippen LogP contribution in [-0.4, -0.2) is 11.5 Å². The molecule has 20 heavy (non-hydrogen) atoms. The standard InChI is InChI=1S/C17H23N3/c1-3-4-12-20(16-8-6-5-7-9-16)17-13-15(14(2)18)10-11-19-17/h5-11,13-14H,3-4,12,18H2,1-2H3/t14-/m0/s1. The summed E-state index contributed by atoms with van der Waals surface area (Å²) in [4.78, 5) is 6.78. The Bertz CT molecular complexity index is 523. The molecular formula is C17H23N3. The Morgan fingerprint density at radius 3 is 2.60 bits per heavy atom. The van der Waals surface area contributed by atoms with Gasteiger partial charge in [0.1, 0.15) is 5.82 Å². The normalized spacial score (nSPS) is 12.2. The van der Waals surface area contributed by atoms with Crippen LogP contribution < -0.4 is 10.6 Å². The fraction of sp³-hybridized carbons (Fsp3) is 0.353. The van der Waals surface area contributed by atoms with E-state index in [2.05, 4.69) is 47.1 Å². The van der Waals surface area contributed by atoms with Crippen molar-refractivity contribution >= 4 is 11.5 Å². The molecule has 0 fully saturated rings. The minimum Gasteiger partial charge on any atom is -0.326 e. The first-order valence-electron chi connectivity index (χ1n) is 7.26. The van der Waals surface area contributed by atoms with Gasteiger partial charge in [0.15, 0.2) is 0 Å². The van der Waals surface area contributed by atoms with E-state index in [1.807, 2.05) is 25.3 Å². The summed E-state index contributed by atoms with van der Waals surface area (Å²) >= 11 is 0. The number of hydrogen-bond donors (Lipinski definition) is 1. The average Bonchev–Trinajstić information content (AvgIpc) is 2.49. The predicted octanol–water partition coefficient (Wildman–Crippen LogP) is 4.04. The molecule has 0 amide bonds. The van der Waals surface area contributed by atoms with Crippen molar-refractivity contribution in [1.82, 2.24) is 4.98 Å². The first-order valence-corrected chi connectivity index (χ1v) is 7.26. The van der Waals surface area contributed by atoms with E-state index in [0.29, 0.717) is 0 Å². The van der Waals surface area contributed by atoms with Gasteiger partial charge in [-0.1, -0.05) is 31.5 Å². The van der Waals surface area contributed by atoms with Crippen LogP contribution in [0.4, 0.5) is 11.5 Å². The SMILES string of the molecule is CCCCN(c1ccccc1)c1cc([C@H](C)N)ccn1. The maximum absolute atomic E-state index is 5.98. The average molecular weight is 269 g/mol. The topological polar surface area (TPSA) is 42.1 Å². The van der Waals surface area contributed by atoms with E-state index in [0.717, 1.165) is 30.8 Å². The second-order valence-electron chi connectivity index (χ2n) is 5.08. The van der Waals surface area contributed by atoms with Gasteiger partial charge in [-0.05, 0) is 43.2 Å². The summed E-state index contributed by atoms with van der Waals surface area (Å²) in [6, 6.07) is 14.5. The minimum absolute atomic E-state index is 0.0283. The molecule has 3 heteroatoms. The highest BCUT2D eigenvalue weighted by Gasteiger charge is 2.11. The van der Waals surface area contributed by atoms with Crippen LogP contribution in [0, 0.1) is 0 Å². The highest BCUT2D eigenvalue weighted by Crippen LogP contribution is 2.25. The molecule has 0 aliphatic carbocycles. The number of hydrogen-bond acceptors (Lipinski definition) is 3. The van der Waals surface area contributed by atoms with E-state index in [9.17, 15) is 0 Å². The lowest BCUT2D eigenvalue weighted by Gasteiger charge is -2.24. The van der Waals surface area contributed by atoms with E-state index in [1.165, 1.54) is 5.69 Å². The number of anilines is 2. The molecule has 1 aromatic heterocycles. The van der Waals surface area contributed by atoms with Crippen molar-refractivity contribution in [2.45, 2.75) is 32.7 Å². The quantitative estimate of drug-likeness (QED) is 0.860. The highest BCUT2D eigenvalue weighted by atomic mass is 15.2. The zero-order valence-electron chi connectivity index (χ0n) is 12.3. The number of rotatable bonds is 6. The van der Waals surface area contributed by atoms with Crippen LogP contribution >= 0.6 is 0 Å². The minimum atomic E-state index is 0.0283. The second kappa shape index (κ2) is 7.06. The lowest BCUT2D eigenvalue weighted by Crippen LogP contribution is -2.20. The van der Waals surface area contributed by atoms with E-state index in [4.69, 9.17) is 5.73 Å². The van der Waals surface area contributed by atoms with Gasteiger partial charge in [0, 0.05) is 24.5 Å². The number of benzene rings is 1. The maximum atomic E-state index is 5.98. The van der Waals surface area contributed by atoms with Crippen molar-refractivity contribution < 1.29 is 0 Å². The summed E-state index contributed by atoms with van der Waals surface area (Å²) in [6.07, 6.45) is 4.14. The van der Waals surface area contributed by atoms with Crippen LogP contribution in [0.5, 0.6) is 0 Å². The summed E-state index contributed by atoms with van der Waals surface area (Å²) < 4.78 is 0. The lowest BCUT2D eigenvalue weighted by atomic mass is 10.1. The first kappa shape index (κ1) is 14.5. The first-order chi connectivity index (χ1) is 9.72. The van der Waals surface area contributed by atoms with Crippen LogP contribution in [0.3, 0.4) is 0 Å². The molecule has 2 aromatic rings. The molecule has 0 saturated carbocycles. The van der Waals surface area contributed by atoms with Crippen molar-refractivity contribution in [3.8, 4) is 0 Å². The molecule has 0 saturated heterocycles. The van der Waals surface area contributed by atoms with E-state index >= 15 is 0 Å². The molecule has 2 N–H and O–H groups in total. The molecule has 1 aromatic carbocycles. The largest absolute Gasteiger partial charge is 0.326 e. The molecule has 0 bridgehead atoms. The zero-order chi connectivity index (χ0) is 14.4. The van der Waals surface area contributed by atoms with E-state index in [1.54, 1.807) is 0 Å². The Morgan fingerprint density at radius 1 is 1.20 bits per heavy atom. The molecule has 0 aliphatic heterocycles. The molecule has 2 rings (SSSR count). The van der Waals surface area contributed by atoms with Gasteiger partial charge in [0.25, 0.3) is 0 Å². The molecule has 0 radical (unpaired) electrons. The molecule has 3 nitrogen and oxygen atoms in total. The van der Waals surface area contributed by atoms with Gasteiger partial charge in [-0.15, -0.1) is 0 Å². The van der Waals surface area contributed by atoms with Crippen molar-refractivity contribution in [2.75, 3.05) is 11.4 Å². The van der Waals surface area contributed by atoms with Crippen molar-refractivity contribution in [3.05, 3.63) is 54.2 Å². The van der Waals surface area contributed by atoms with Gasteiger partial charge in [-0.2, -0.15) is 0 Å². The van der Waals surface area contributed by atoms with Crippen LogP contribution in [0.25, 0.3) is 0 Å². The van der Waals surface area contributed by atoms with Crippen molar-refractivity contribution in [2.24, 2.45) is 5.73 Å². The third-order valence-corrected chi connectivity index (χ3v) is 3.38. The van der Waals surface area contributed by atoms with Gasteiger partial charge in [-0.3, -0.25) is 0 Å².